The average molecular weight is 541 g/mol. The van der Waals surface area contributed by atoms with Crippen molar-refractivity contribution in [2.24, 2.45) is 5.92 Å². The first kappa shape index (κ1) is 30.5. The second-order valence-electron chi connectivity index (χ2n) is 9.59. The van der Waals surface area contributed by atoms with Crippen LogP contribution in [0.2, 0.25) is 5.02 Å². The minimum Gasteiger partial charge on any atom is -0.465 e. The van der Waals surface area contributed by atoms with Gasteiger partial charge in [0.2, 0.25) is 0 Å². The average Bonchev–Trinajstić information content (AvgIpc) is 2.88. The Morgan fingerprint density at radius 1 is 1.16 bits per heavy atom. The van der Waals surface area contributed by atoms with Crippen molar-refractivity contribution in [3.05, 3.63) is 34.9 Å². The lowest BCUT2D eigenvalue weighted by atomic mass is 9.84. The van der Waals surface area contributed by atoms with Gasteiger partial charge in [-0.05, 0) is 36.5 Å². The van der Waals surface area contributed by atoms with Gasteiger partial charge >= 0.3 is 18.2 Å². The molecule has 208 valence electrons. The standard InChI is InChI=1S/C26H41ClN4O6/c1-30(24(32)29-22(18-31(2)26(34)35)16-19-8-5-4-6-9-19)14-12-23(20-10-7-11-21(27)17-20)37-15-13-28-25(33)36-3/h7,10-11,17,19,22-23H,4-6,8-9,12-16,18H2,1-3H3,(H,28,33)(H,29,32)(H,34,35)/t22?,23-/m0/s1. The Morgan fingerprint density at radius 2 is 1.89 bits per heavy atom. The van der Waals surface area contributed by atoms with E-state index >= 15 is 0 Å². The molecule has 0 aromatic heterocycles. The Kier molecular flexibility index (Phi) is 13.3. The number of halogens is 1. The number of likely N-dealkylation sites (N-methyl/N-ethyl adjacent to an activating group) is 1. The maximum atomic E-state index is 13.0. The molecule has 1 fully saturated rings. The largest absolute Gasteiger partial charge is 0.465 e. The molecule has 0 spiro atoms. The van der Waals surface area contributed by atoms with E-state index in [1.807, 2.05) is 18.2 Å². The molecule has 1 saturated carbocycles. The number of hydrogen-bond acceptors (Lipinski definition) is 5. The molecule has 0 saturated heterocycles. The number of ether oxygens (including phenoxy) is 2. The number of urea groups is 1. The van der Waals surface area contributed by atoms with E-state index in [0.717, 1.165) is 24.8 Å². The molecular weight excluding hydrogens is 500 g/mol. The maximum Gasteiger partial charge on any atom is 0.407 e. The zero-order chi connectivity index (χ0) is 27.2. The van der Waals surface area contributed by atoms with Gasteiger partial charge in [0.1, 0.15) is 0 Å². The van der Waals surface area contributed by atoms with E-state index in [1.165, 1.54) is 38.3 Å². The fraction of sp³-hybridized carbons (Fsp3) is 0.654. The molecule has 0 radical (unpaired) electrons. The summed E-state index contributed by atoms with van der Waals surface area (Å²) in [4.78, 5) is 38.5. The number of nitrogens with one attached hydrogen (secondary N) is 2. The van der Waals surface area contributed by atoms with Gasteiger partial charge in [0, 0.05) is 44.8 Å². The van der Waals surface area contributed by atoms with E-state index < -0.39 is 12.2 Å². The topological polar surface area (TPSA) is 120 Å². The molecule has 0 bridgehead atoms. The van der Waals surface area contributed by atoms with E-state index in [9.17, 15) is 19.5 Å². The summed E-state index contributed by atoms with van der Waals surface area (Å²) < 4.78 is 10.6. The van der Waals surface area contributed by atoms with Crippen molar-refractivity contribution < 1.29 is 29.0 Å². The first-order chi connectivity index (χ1) is 17.7. The molecular formula is C26H41ClN4O6. The van der Waals surface area contributed by atoms with Crippen LogP contribution in [0.15, 0.2) is 24.3 Å². The quantitative estimate of drug-likeness (QED) is 0.311. The van der Waals surface area contributed by atoms with Crippen LogP contribution in [0.3, 0.4) is 0 Å². The van der Waals surface area contributed by atoms with Crippen LogP contribution in [0.1, 0.15) is 56.6 Å². The minimum absolute atomic E-state index is 0.243. The van der Waals surface area contributed by atoms with Gasteiger partial charge in [0.05, 0.1) is 19.8 Å². The molecule has 1 aliphatic carbocycles. The number of carboxylic acid groups (broad SMARTS) is 1. The highest BCUT2D eigenvalue weighted by Crippen LogP contribution is 2.28. The van der Waals surface area contributed by atoms with Crippen LogP contribution in [0.4, 0.5) is 14.4 Å². The van der Waals surface area contributed by atoms with Gasteiger partial charge in [-0.25, -0.2) is 14.4 Å². The zero-order valence-electron chi connectivity index (χ0n) is 22.1. The van der Waals surface area contributed by atoms with Crippen LogP contribution in [0.25, 0.3) is 0 Å². The highest BCUT2D eigenvalue weighted by atomic mass is 35.5. The van der Waals surface area contributed by atoms with Crippen molar-refractivity contribution in [2.45, 2.75) is 57.1 Å². The van der Waals surface area contributed by atoms with Gasteiger partial charge in [0.15, 0.2) is 0 Å². The predicted molar refractivity (Wildman–Crippen MR) is 142 cm³/mol. The third-order valence-electron chi connectivity index (χ3n) is 6.66. The Hall–Kier alpha value is -2.72. The number of amides is 4. The summed E-state index contributed by atoms with van der Waals surface area (Å²) in [6.45, 7) is 1.18. The van der Waals surface area contributed by atoms with Crippen molar-refractivity contribution in [2.75, 3.05) is 47.4 Å². The molecule has 3 N–H and O–H groups in total. The summed E-state index contributed by atoms with van der Waals surface area (Å²) in [5.41, 5.74) is 0.873. The Labute approximate surface area is 224 Å². The molecule has 10 nitrogen and oxygen atoms in total. The summed E-state index contributed by atoms with van der Waals surface area (Å²) in [5, 5.41) is 15.5. The molecule has 37 heavy (non-hydrogen) atoms. The highest BCUT2D eigenvalue weighted by molar-refractivity contribution is 6.30. The number of rotatable bonds is 13. The molecule has 1 aliphatic rings. The summed E-state index contributed by atoms with van der Waals surface area (Å²) in [5.74, 6) is 0.491. The molecule has 2 atom stereocenters. The van der Waals surface area contributed by atoms with Gasteiger partial charge in [-0.2, -0.15) is 0 Å². The predicted octanol–water partition coefficient (Wildman–Crippen LogP) is 4.73. The number of methoxy groups -OCH3 is 1. The van der Waals surface area contributed by atoms with E-state index in [4.69, 9.17) is 16.3 Å². The van der Waals surface area contributed by atoms with Crippen molar-refractivity contribution in [3.63, 3.8) is 0 Å². The first-order valence-electron chi connectivity index (χ1n) is 12.8. The number of benzene rings is 1. The van der Waals surface area contributed by atoms with Gasteiger partial charge in [-0.3, -0.25) is 0 Å². The molecule has 0 heterocycles. The Bertz CT molecular complexity index is 867. The molecule has 1 aromatic carbocycles. The van der Waals surface area contributed by atoms with E-state index in [2.05, 4.69) is 15.4 Å². The van der Waals surface area contributed by atoms with Gasteiger partial charge in [0.25, 0.3) is 0 Å². The van der Waals surface area contributed by atoms with Crippen LogP contribution in [0, 0.1) is 5.92 Å². The lowest BCUT2D eigenvalue weighted by Gasteiger charge is -2.31. The Balaban J connectivity index is 1.96. The number of hydrogen-bond donors (Lipinski definition) is 3. The van der Waals surface area contributed by atoms with Gasteiger partial charge in [-0.15, -0.1) is 0 Å². The van der Waals surface area contributed by atoms with Crippen molar-refractivity contribution in [1.82, 2.24) is 20.4 Å². The van der Waals surface area contributed by atoms with Gasteiger partial charge in [-0.1, -0.05) is 55.8 Å². The number of nitrogens with zero attached hydrogens (tertiary/aromatic N) is 2. The fourth-order valence-corrected chi connectivity index (χ4v) is 4.79. The fourth-order valence-electron chi connectivity index (χ4n) is 4.59. The summed E-state index contributed by atoms with van der Waals surface area (Å²) in [6, 6.07) is 6.83. The number of alkyl carbamates (subject to hydrolysis) is 1. The maximum absolute atomic E-state index is 13.0. The summed E-state index contributed by atoms with van der Waals surface area (Å²) in [6.07, 6.45) is 5.20. The zero-order valence-corrected chi connectivity index (χ0v) is 22.8. The highest BCUT2D eigenvalue weighted by Gasteiger charge is 2.24. The lowest BCUT2D eigenvalue weighted by molar-refractivity contribution is 0.0438. The molecule has 1 aromatic rings. The second-order valence-corrected chi connectivity index (χ2v) is 10.0. The third-order valence-corrected chi connectivity index (χ3v) is 6.90. The van der Waals surface area contributed by atoms with Crippen molar-refractivity contribution in [1.29, 1.82) is 0 Å². The third kappa shape index (κ3) is 11.5. The monoisotopic (exact) mass is 540 g/mol. The smallest absolute Gasteiger partial charge is 0.407 e. The molecule has 0 aliphatic heterocycles. The van der Waals surface area contributed by atoms with E-state index in [0.29, 0.717) is 23.9 Å². The number of carbonyl (C=O) groups is 3. The minimum atomic E-state index is -1.01. The van der Waals surface area contributed by atoms with E-state index in [-0.39, 0.29) is 37.9 Å². The normalized spacial score (nSPS) is 15.4. The van der Waals surface area contributed by atoms with Crippen LogP contribution in [-0.4, -0.2) is 86.6 Å². The molecule has 1 unspecified atom stereocenters. The first-order valence-corrected chi connectivity index (χ1v) is 13.2. The van der Waals surface area contributed by atoms with Crippen LogP contribution in [-0.2, 0) is 9.47 Å². The van der Waals surface area contributed by atoms with Crippen LogP contribution in [0.5, 0.6) is 0 Å². The molecule has 4 amide bonds. The molecule has 2 rings (SSSR count). The lowest BCUT2D eigenvalue weighted by Crippen LogP contribution is -2.49. The van der Waals surface area contributed by atoms with Crippen LogP contribution >= 0.6 is 11.6 Å². The Morgan fingerprint density at radius 3 is 2.54 bits per heavy atom. The van der Waals surface area contributed by atoms with Crippen LogP contribution < -0.4 is 10.6 Å². The van der Waals surface area contributed by atoms with Gasteiger partial charge < -0.3 is 35.0 Å². The number of carbonyl (C=O) groups excluding carboxylic acids is 2. The molecule has 11 heteroatoms. The SMILES string of the molecule is COC(=O)NCCO[C@@H](CCN(C)C(=O)NC(CC1CCCCC1)CN(C)C(=O)O)c1cccc(Cl)c1. The van der Waals surface area contributed by atoms with E-state index in [1.54, 1.807) is 18.0 Å². The van der Waals surface area contributed by atoms with Crippen molar-refractivity contribution >= 4 is 29.8 Å². The second kappa shape index (κ2) is 16.2. The summed E-state index contributed by atoms with van der Waals surface area (Å²) in [7, 11) is 4.53. The summed E-state index contributed by atoms with van der Waals surface area (Å²) >= 11 is 6.18. The van der Waals surface area contributed by atoms with Crippen molar-refractivity contribution in [3.8, 4) is 0 Å².